The van der Waals surface area contributed by atoms with Gasteiger partial charge in [-0.3, -0.25) is 4.79 Å². The van der Waals surface area contributed by atoms with Crippen molar-refractivity contribution in [1.29, 1.82) is 0 Å². The maximum atomic E-state index is 11.6. The van der Waals surface area contributed by atoms with Gasteiger partial charge in [-0.1, -0.05) is 0 Å². The van der Waals surface area contributed by atoms with Gasteiger partial charge in [-0.05, 0) is 13.8 Å². The fraction of sp³-hybridized carbons (Fsp3) is 0.875. The molecule has 0 radical (unpaired) electrons. The molecule has 1 aliphatic heterocycles. The van der Waals surface area contributed by atoms with Crippen molar-refractivity contribution in [1.82, 2.24) is 4.90 Å². The lowest BCUT2D eigenvalue weighted by molar-refractivity contribution is -0.135. The number of carbonyl (C=O) groups excluding carboxylic acids is 1. The van der Waals surface area contributed by atoms with Gasteiger partial charge < -0.3 is 10.6 Å². The molecule has 1 fully saturated rings. The normalized spacial score (nSPS) is 19.4. The van der Waals surface area contributed by atoms with E-state index in [2.05, 4.69) is 0 Å². The Balaban J connectivity index is 2.51. The Morgan fingerprint density at radius 1 is 1.42 bits per heavy atom. The Kier molecular flexibility index (Phi) is 3.01. The van der Waals surface area contributed by atoms with Crippen LogP contribution in [0.15, 0.2) is 0 Å². The number of hydrogen-bond donors (Lipinski definition) is 1. The summed E-state index contributed by atoms with van der Waals surface area (Å²) in [6.07, 6.45) is 0. The quantitative estimate of drug-likeness (QED) is 0.644. The number of nitrogens with two attached hydrogens (primary N) is 1. The second kappa shape index (κ2) is 3.66. The Hall–Kier alpha value is -0.220. The Bertz CT molecular complexity index is 170. The lowest BCUT2D eigenvalue weighted by Gasteiger charge is -2.31. The first-order valence-electron chi connectivity index (χ1n) is 4.18. The highest BCUT2D eigenvalue weighted by Gasteiger charge is 2.28. The molecule has 1 aliphatic rings. The molecule has 70 valence electrons. The van der Waals surface area contributed by atoms with Crippen LogP contribution in [0.4, 0.5) is 0 Å². The van der Waals surface area contributed by atoms with Crippen molar-refractivity contribution in [3.05, 3.63) is 0 Å². The van der Waals surface area contributed by atoms with E-state index in [9.17, 15) is 4.79 Å². The molecule has 0 aliphatic carbocycles. The van der Waals surface area contributed by atoms with Gasteiger partial charge in [0.25, 0.3) is 0 Å². The van der Waals surface area contributed by atoms with Crippen molar-refractivity contribution in [2.45, 2.75) is 19.4 Å². The molecule has 0 aromatic carbocycles. The second-order valence-corrected chi connectivity index (χ2v) is 4.85. The van der Waals surface area contributed by atoms with Crippen LogP contribution in [0.1, 0.15) is 13.8 Å². The van der Waals surface area contributed by atoms with E-state index in [1.807, 2.05) is 16.7 Å². The first-order valence-corrected chi connectivity index (χ1v) is 5.33. The van der Waals surface area contributed by atoms with E-state index >= 15 is 0 Å². The molecule has 12 heavy (non-hydrogen) atoms. The summed E-state index contributed by atoms with van der Waals surface area (Å²) < 4.78 is 0. The molecule has 0 atom stereocenters. The Morgan fingerprint density at radius 3 is 2.33 bits per heavy atom. The predicted molar refractivity (Wildman–Crippen MR) is 52.2 cm³/mol. The largest absolute Gasteiger partial charge is 0.339 e. The summed E-state index contributed by atoms with van der Waals surface area (Å²) in [6, 6.07) is 0. The van der Waals surface area contributed by atoms with Gasteiger partial charge >= 0.3 is 0 Å². The van der Waals surface area contributed by atoms with Crippen molar-refractivity contribution in [3.63, 3.8) is 0 Å². The standard InChI is InChI=1S/C8H16N2OS/c1-8(2,9)7(11)10-3-5-12-6-4-10/h3-6,9H2,1-2H3. The van der Waals surface area contributed by atoms with Gasteiger partial charge in [0.15, 0.2) is 0 Å². The van der Waals surface area contributed by atoms with Crippen LogP contribution in [0, 0.1) is 0 Å². The Labute approximate surface area is 77.7 Å². The number of nitrogens with zero attached hydrogens (tertiary/aromatic N) is 1. The molecular weight excluding hydrogens is 172 g/mol. The molecular formula is C8H16N2OS. The maximum absolute atomic E-state index is 11.6. The topological polar surface area (TPSA) is 46.3 Å². The van der Waals surface area contributed by atoms with Gasteiger partial charge in [-0.25, -0.2) is 0 Å². The van der Waals surface area contributed by atoms with Crippen LogP contribution in [0.3, 0.4) is 0 Å². The lowest BCUT2D eigenvalue weighted by Crippen LogP contribution is -2.53. The highest BCUT2D eigenvalue weighted by molar-refractivity contribution is 7.99. The first-order chi connectivity index (χ1) is 5.52. The molecule has 4 heteroatoms. The molecule has 1 saturated heterocycles. The molecule has 0 aromatic heterocycles. The van der Waals surface area contributed by atoms with Crippen molar-refractivity contribution in [3.8, 4) is 0 Å². The molecule has 1 heterocycles. The monoisotopic (exact) mass is 188 g/mol. The van der Waals surface area contributed by atoms with E-state index in [4.69, 9.17) is 5.73 Å². The average Bonchev–Trinajstić information content (AvgIpc) is 2.03. The maximum Gasteiger partial charge on any atom is 0.242 e. The van der Waals surface area contributed by atoms with Crippen LogP contribution < -0.4 is 5.73 Å². The van der Waals surface area contributed by atoms with E-state index < -0.39 is 5.54 Å². The zero-order chi connectivity index (χ0) is 9.19. The van der Waals surface area contributed by atoms with Crippen molar-refractivity contribution >= 4 is 17.7 Å². The first kappa shape index (κ1) is 9.86. The second-order valence-electron chi connectivity index (χ2n) is 3.63. The molecule has 1 rings (SSSR count). The number of rotatable bonds is 1. The van der Waals surface area contributed by atoms with Gasteiger partial charge in [-0.2, -0.15) is 11.8 Å². The fourth-order valence-corrected chi connectivity index (χ4v) is 2.08. The zero-order valence-electron chi connectivity index (χ0n) is 7.67. The van der Waals surface area contributed by atoms with Crippen molar-refractivity contribution in [2.24, 2.45) is 5.73 Å². The third-order valence-corrected chi connectivity index (χ3v) is 2.79. The van der Waals surface area contributed by atoms with E-state index in [-0.39, 0.29) is 5.91 Å². The van der Waals surface area contributed by atoms with Gasteiger partial charge in [0.05, 0.1) is 5.54 Å². The third-order valence-electron chi connectivity index (χ3n) is 1.85. The van der Waals surface area contributed by atoms with Crippen molar-refractivity contribution in [2.75, 3.05) is 24.6 Å². The van der Waals surface area contributed by atoms with Crippen LogP contribution in [-0.2, 0) is 4.79 Å². The molecule has 0 unspecified atom stereocenters. The van der Waals surface area contributed by atoms with E-state index in [0.717, 1.165) is 24.6 Å². The highest BCUT2D eigenvalue weighted by atomic mass is 32.2. The summed E-state index contributed by atoms with van der Waals surface area (Å²) in [4.78, 5) is 13.5. The molecule has 0 spiro atoms. The minimum atomic E-state index is -0.706. The molecule has 2 N–H and O–H groups in total. The minimum absolute atomic E-state index is 0.0720. The zero-order valence-corrected chi connectivity index (χ0v) is 8.49. The minimum Gasteiger partial charge on any atom is -0.339 e. The fourth-order valence-electron chi connectivity index (χ4n) is 1.17. The molecule has 3 nitrogen and oxygen atoms in total. The van der Waals surface area contributed by atoms with Crippen LogP contribution >= 0.6 is 11.8 Å². The predicted octanol–water partition coefficient (Wildman–Crippen LogP) is 0.299. The molecule has 0 aromatic rings. The van der Waals surface area contributed by atoms with E-state index in [1.54, 1.807) is 13.8 Å². The van der Waals surface area contributed by atoms with E-state index in [0.29, 0.717) is 0 Å². The highest BCUT2D eigenvalue weighted by Crippen LogP contribution is 2.12. The SMILES string of the molecule is CC(C)(N)C(=O)N1CCSCC1. The van der Waals surface area contributed by atoms with Gasteiger partial charge in [0, 0.05) is 24.6 Å². The molecule has 0 saturated carbocycles. The summed E-state index contributed by atoms with van der Waals surface area (Å²) in [5, 5.41) is 0. The summed E-state index contributed by atoms with van der Waals surface area (Å²) in [6.45, 7) is 5.22. The molecule has 0 bridgehead atoms. The third kappa shape index (κ3) is 2.38. The van der Waals surface area contributed by atoms with Crippen LogP contribution in [0.5, 0.6) is 0 Å². The van der Waals surface area contributed by atoms with Gasteiger partial charge in [0.2, 0.25) is 5.91 Å². The van der Waals surface area contributed by atoms with Crippen LogP contribution in [0.25, 0.3) is 0 Å². The van der Waals surface area contributed by atoms with E-state index in [1.165, 1.54) is 0 Å². The lowest BCUT2D eigenvalue weighted by atomic mass is 10.1. The summed E-state index contributed by atoms with van der Waals surface area (Å²) >= 11 is 1.89. The number of carbonyl (C=O) groups is 1. The number of amides is 1. The van der Waals surface area contributed by atoms with Gasteiger partial charge in [0.1, 0.15) is 0 Å². The summed E-state index contributed by atoms with van der Waals surface area (Å²) in [5.41, 5.74) is 5.01. The Morgan fingerprint density at radius 2 is 1.92 bits per heavy atom. The number of thioether (sulfide) groups is 1. The van der Waals surface area contributed by atoms with Gasteiger partial charge in [-0.15, -0.1) is 0 Å². The average molecular weight is 188 g/mol. The number of hydrogen-bond acceptors (Lipinski definition) is 3. The summed E-state index contributed by atoms with van der Waals surface area (Å²) in [7, 11) is 0. The summed E-state index contributed by atoms with van der Waals surface area (Å²) in [5.74, 6) is 2.16. The van der Waals surface area contributed by atoms with Crippen molar-refractivity contribution < 1.29 is 4.79 Å². The van der Waals surface area contributed by atoms with Crippen LogP contribution in [0.2, 0.25) is 0 Å². The molecule has 1 amide bonds. The van der Waals surface area contributed by atoms with Crippen LogP contribution in [-0.4, -0.2) is 40.9 Å². The smallest absolute Gasteiger partial charge is 0.242 e.